The zero-order chi connectivity index (χ0) is 23.7. The van der Waals surface area contributed by atoms with Gasteiger partial charge in [-0.05, 0) is 54.1 Å². The van der Waals surface area contributed by atoms with Crippen molar-refractivity contribution in [2.24, 2.45) is 0 Å². The van der Waals surface area contributed by atoms with E-state index in [1.165, 1.54) is 17.4 Å². The summed E-state index contributed by atoms with van der Waals surface area (Å²) in [6.45, 7) is 2.00. The molecule has 34 heavy (non-hydrogen) atoms. The summed E-state index contributed by atoms with van der Waals surface area (Å²) >= 11 is 1.44. The molecule has 0 spiro atoms. The molecule has 0 bridgehead atoms. The minimum atomic E-state index is -1.07. The second-order valence-electron chi connectivity index (χ2n) is 7.67. The second kappa shape index (κ2) is 8.99. The molecule has 170 valence electrons. The fourth-order valence-electron chi connectivity index (χ4n) is 3.47. The molecule has 0 saturated carbocycles. The Balaban J connectivity index is 1.29. The molecule has 5 aromatic rings. The predicted octanol–water partition coefficient (Wildman–Crippen LogP) is 5.84. The lowest BCUT2D eigenvalue weighted by atomic mass is 10.0. The number of nitrogens with one attached hydrogen (secondary N) is 3. The van der Waals surface area contributed by atoms with Crippen LogP contribution in [0, 0.1) is 11.6 Å². The van der Waals surface area contributed by atoms with Crippen molar-refractivity contribution in [3.63, 3.8) is 0 Å². The summed E-state index contributed by atoms with van der Waals surface area (Å²) in [5.41, 5.74) is 3.33. The third kappa shape index (κ3) is 4.48. The number of hydrogen-bond acceptors (Lipinski definition) is 6. The van der Waals surface area contributed by atoms with Crippen LogP contribution >= 0.6 is 11.3 Å². The Labute approximate surface area is 196 Å². The molecule has 5 rings (SSSR count). The maximum atomic E-state index is 13.5. The van der Waals surface area contributed by atoms with Gasteiger partial charge in [0.1, 0.15) is 5.01 Å². The lowest BCUT2D eigenvalue weighted by Crippen LogP contribution is -2.12. The number of anilines is 3. The summed E-state index contributed by atoms with van der Waals surface area (Å²) in [5, 5.41) is 23.9. The molecule has 0 radical (unpaired) electrons. The van der Waals surface area contributed by atoms with Crippen LogP contribution in [0.5, 0.6) is 0 Å². The van der Waals surface area contributed by atoms with E-state index in [4.69, 9.17) is 0 Å². The standard InChI is InChI=1S/C24H18F2N6OS/c1-13(23-31-32-24(34-23)29-18-6-8-21-16(10-18)12-27-30-21)14-3-2-4-17(9-14)28-22(33)15-5-7-19(25)20(26)11-15/h2-13H,1H3,(H,27,30)(H,28,33)(H,29,32). The highest BCUT2D eigenvalue weighted by atomic mass is 32.1. The number of halogens is 2. The number of H-pyrrole nitrogens is 1. The van der Waals surface area contributed by atoms with E-state index in [1.807, 2.05) is 43.3 Å². The molecule has 0 aliphatic heterocycles. The molecule has 10 heteroatoms. The molecule has 0 fully saturated rings. The van der Waals surface area contributed by atoms with Gasteiger partial charge in [-0.2, -0.15) is 5.10 Å². The minimum Gasteiger partial charge on any atom is -0.330 e. The first-order valence-electron chi connectivity index (χ1n) is 10.4. The number of aromatic nitrogens is 4. The van der Waals surface area contributed by atoms with E-state index in [0.29, 0.717) is 10.8 Å². The van der Waals surface area contributed by atoms with Crippen LogP contribution in [-0.2, 0) is 0 Å². The molecule has 1 amide bonds. The molecule has 1 atom stereocenters. The summed E-state index contributed by atoms with van der Waals surface area (Å²) in [5.74, 6) is -2.68. The molecule has 2 aromatic heterocycles. The predicted molar refractivity (Wildman–Crippen MR) is 128 cm³/mol. The Morgan fingerprint density at radius 1 is 1.00 bits per heavy atom. The van der Waals surface area contributed by atoms with E-state index < -0.39 is 17.5 Å². The van der Waals surface area contributed by atoms with E-state index >= 15 is 0 Å². The largest absolute Gasteiger partial charge is 0.330 e. The second-order valence-corrected chi connectivity index (χ2v) is 8.68. The maximum Gasteiger partial charge on any atom is 0.255 e. The Hall–Kier alpha value is -4.18. The number of benzene rings is 3. The van der Waals surface area contributed by atoms with Gasteiger partial charge in [-0.15, -0.1) is 10.2 Å². The van der Waals surface area contributed by atoms with E-state index in [9.17, 15) is 13.6 Å². The van der Waals surface area contributed by atoms with Gasteiger partial charge in [0.25, 0.3) is 5.91 Å². The van der Waals surface area contributed by atoms with Crippen LogP contribution in [0.15, 0.2) is 66.9 Å². The molecule has 0 aliphatic rings. The smallest absolute Gasteiger partial charge is 0.255 e. The Bertz CT molecular complexity index is 1500. The summed E-state index contributed by atoms with van der Waals surface area (Å²) in [6.07, 6.45) is 1.76. The van der Waals surface area contributed by atoms with Crippen molar-refractivity contribution >= 4 is 44.7 Å². The zero-order valence-corrected chi connectivity index (χ0v) is 18.7. The average molecular weight is 477 g/mol. The Morgan fingerprint density at radius 3 is 2.74 bits per heavy atom. The number of hydrogen-bond donors (Lipinski definition) is 3. The number of carbonyl (C=O) groups is 1. The maximum absolute atomic E-state index is 13.5. The van der Waals surface area contributed by atoms with E-state index in [1.54, 1.807) is 12.3 Å². The van der Waals surface area contributed by atoms with Crippen molar-refractivity contribution in [1.29, 1.82) is 0 Å². The number of amides is 1. The summed E-state index contributed by atoms with van der Waals surface area (Å²) < 4.78 is 26.6. The van der Waals surface area contributed by atoms with Gasteiger partial charge in [0.15, 0.2) is 11.6 Å². The molecular formula is C24H18F2N6OS. The number of aromatic amines is 1. The van der Waals surface area contributed by atoms with Gasteiger partial charge in [-0.25, -0.2) is 8.78 Å². The molecule has 0 aliphatic carbocycles. The van der Waals surface area contributed by atoms with Gasteiger partial charge >= 0.3 is 0 Å². The van der Waals surface area contributed by atoms with Crippen LogP contribution in [0.3, 0.4) is 0 Å². The Kier molecular flexibility index (Phi) is 5.72. The molecule has 7 nitrogen and oxygen atoms in total. The number of carbonyl (C=O) groups excluding carboxylic acids is 1. The van der Waals surface area contributed by atoms with Gasteiger partial charge in [-0.3, -0.25) is 9.89 Å². The van der Waals surface area contributed by atoms with Gasteiger partial charge < -0.3 is 10.6 Å². The fraction of sp³-hybridized carbons (Fsp3) is 0.0833. The number of fused-ring (bicyclic) bond motifs is 1. The molecule has 3 N–H and O–H groups in total. The van der Waals surface area contributed by atoms with Crippen LogP contribution in [0.2, 0.25) is 0 Å². The van der Waals surface area contributed by atoms with Crippen molar-refractivity contribution in [1.82, 2.24) is 20.4 Å². The summed E-state index contributed by atoms with van der Waals surface area (Å²) in [6, 6.07) is 16.2. The van der Waals surface area contributed by atoms with Crippen LogP contribution < -0.4 is 10.6 Å². The quantitative estimate of drug-likeness (QED) is 0.286. The van der Waals surface area contributed by atoms with Crippen molar-refractivity contribution in [3.05, 3.63) is 94.6 Å². The highest BCUT2D eigenvalue weighted by Gasteiger charge is 2.16. The number of nitrogens with zero attached hydrogens (tertiary/aromatic N) is 3. The van der Waals surface area contributed by atoms with Crippen LogP contribution in [0.1, 0.15) is 33.8 Å². The first-order chi connectivity index (χ1) is 16.5. The molecular weight excluding hydrogens is 458 g/mol. The van der Waals surface area contributed by atoms with Crippen LogP contribution in [0.4, 0.5) is 25.3 Å². The van der Waals surface area contributed by atoms with Gasteiger partial charge in [-0.1, -0.05) is 30.4 Å². The SMILES string of the molecule is CC(c1cccc(NC(=O)c2ccc(F)c(F)c2)c1)c1nnc(Nc2ccc3[nH]ncc3c2)s1. The molecule has 0 saturated heterocycles. The summed E-state index contributed by atoms with van der Waals surface area (Å²) in [7, 11) is 0. The highest BCUT2D eigenvalue weighted by Crippen LogP contribution is 2.31. The first-order valence-corrected chi connectivity index (χ1v) is 11.2. The first kappa shape index (κ1) is 21.7. The summed E-state index contributed by atoms with van der Waals surface area (Å²) in [4.78, 5) is 12.4. The zero-order valence-electron chi connectivity index (χ0n) is 17.8. The van der Waals surface area contributed by atoms with Gasteiger partial charge in [0.05, 0.1) is 11.7 Å². The lowest BCUT2D eigenvalue weighted by molar-refractivity contribution is 0.102. The number of rotatable bonds is 6. The van der Waals surface area contributed by atoms with Crippen molar-refractivity contribution in [2.45, 2.75) is 12.8 Å². The molecule has 3 aromatic carbocycles. The van der Waals surface area contributed by atoms with Gasteiger partial charge in [0, 0.05) is 28.2 Å². The fourth-order valence-corrected chi connectivity index (χ4v) is 4.32. The topological polar surface area (TPSA) is 95.6 Å². The van der Waals surface area contributed by atoms with E-state index in [0.717, 1.165) is 39.3 Å². The van der Waals surface area contributed by atoms with Gasteiger partial charge in [0.2, 0.25) is 5.13 Å². The highest BCUT2D eigenvalue weighted by molar-refractivity contribution is 7.15. The minimum absolute atomic E-state index is 0.0331. The van der Waals surface area contributed by atoms with Crippen molar-refractivity contribution in [2.75, 3.05) is 10.6 Å². The average Bonchev–Trinajstić information content (AvgIpc) is 3.50. The van der Waals surface area contributed by atoms with Crippen LogP contribution in [0.25, 0.3) is 10.9 Å². The van der Waals surface area contributed by atoms with Crippen LogP contribution in [-0.4, -0.2) is 26.3 Å². The molecule has 2 heterocycles. The third-order valence-electron chi connectivity index (χ3n) is 5.33. The third-order valence-corrected chi connectivity index (χ3v) is 6.35. The van der Waals surface area contributed by atoms with Crippen molar-refractivity contribution < 1.29 is 13.6 Å². The van der Waals surface area contributed by atoms with E-state index in [2.05, 4.69) is 31.0 Å². The molecule has 1 unspecified atom stereocenters. The Morgan fingerprint density at radius 2 is 1.88 bits per heavy atom. The van der Waals surface area contributed by atoms with Crippen molar-refractivity contribution in [3.8, 4) is 0 Å². The van der Waals surface area contributed by atoms with E-state index in [-0.39, 0.29) is 11.5 Å². The lowest BCUT2D eigenvalue weighted by Gasteiger charge is -2.11. The normalized spacial score (nSPS) is 12.0. The monoisotopic (exact) mass is 476 g/mol.